The Labute approximate surface area is 120 Å². The molecule has 0 aliphatic rings. The Morgan fingerprint density at radius 2 is 2.05 bits per heavy atom. The van der Waals surface area contributed by atoms with Gasteiger partial charge in [0.2, 0.25) is 5.95 Å². The fourth-order valence-electron chi connectivity index (χ4n) is 2.18. The van der Waals surface area contributed by atoms with E-state index in [1.807, 2.05) is 35.8 Å². The van der Waals surface area contributed by atoms with Crippen LogP contribution in [0.25, 0.3) is 11.0 Å². The Bertz CT molecular complexity index is 810. The lowest BCUT2D eigenvalue weighted by Gasteiger charge is -2.07. The van der Waals surface area contributed by atoms with E-state index in [-0.39, 0.29) is 11.5 Å². The lowest BCUT2D eigenvalue weighted by atomic mass is 10.3. The predicted molar refractivity (Wildman–Crippen MR) is 79.8 cm³/mol. The minimum atomic E-state index is -0.425. The van der Waals surface area contributed by atoms with Crippen molar-refractivity contribution in [2.75, 3.05) is 11.1 Å². The summed E-state index contributed by atoms with van der Waals surface area (Å²) in [5.41, 5.74) is 7.53. The van der Waals surface area contributed by atoms with E-state index in [4.69, 9.17) is 5.73 Å². The maximum atomic E-state index is 12.2. The molecule has 0 spiro atoms. The lowest BCUT2D eigenvalue weighted by molar-refractivity contribution is 0.102. The molecule has 3 rings (SSSR count). The first kappa shape index (κ1) is 13.0. The number of imidazole rings is 1. The Morgan fingerprint density at radius 3 is 2.81 bits per heavy atom. The summed E-state index contributed by atoms with van der Waals surface area (Å²) in [5.74, 6) is 0.133. The molecule has 3 N–H and O–H groups in total. The van der Waals surface area contributed by atoms with Crippen LogP contribution in [0.4, 0.5) is 11.8 Å². The van der Waals surface area contributed by atoms with Crippen molar-refractivity contribution in [2.24, 2.45) is 0 Å². The van der Waals surface area contributed by atoms with Crippen LogP contribution in [-0.4, -0.2) is 25.4 Å². The standard InChI is InChI=1S/C14H14N6O/c1-2-20-10-6-4-3-5-9(10)18-14(20)19-13(21)11-12(15)17-8-7-16-11/h3-8H,2H2,1H3,(H2,15,17)(H,18,19,21). The van der Waals surface area contributed by atoms with Gasteiger partial charge in [-0.15, -0.1) is 0 Å². The zero-order chi connectivity index (χ0) is 14.8. The van der Waals surface area contributed by atoms with E-state index in [9.17, 15) is 4.79 Å². The van der Waals surface area contributed by atoms with E-state index < -0.39 is 5.91 Å². The molecule has 21 heavy (non-hydrogen) atoms. The zero-order valence-corrected chi connectivity index (χ0v) is 11.4. The molecule has 1 amide bonds. The molecule has 0 saturated carbocycles. The van der Waals surface area contributed by atoms with Crippen LogP contribution in [0.1, 0.15) is 17.4 Å². The summed E-state index contributed by atoms with van der Waals surface area (Å²) in [6.45, 7) is 2.67. The van der Waals surface area contributed by atoms with Crippen molar-refractivity contribution in [3.63, 3.8) is 0 Å². The third kappa shape index (κ3) is 2.29. The number of benzene rings is 1. The van der Waals surface area contributed by atoms with Gasteiger partial charge in [0, 0.05) is 18.9 Å². The molecule has 0 atom stereocenters. The van der Waals surface area contributed by atoms with Gasteiger partial charge in [-0.05, 0) is 19.1 Å². The number of aromatic nitrogens is 4. The van der Waals surface area contributed by atoms with E-state index >= 15 is 0 Å². The second-order valence-electron chi connectivity index (χ2n) is 4.41. The zero-order valence-electron chi connectivity index (χ0n) is 11.4. The van der Waals surface area contributed by atoms with Crippen molar-refractivity contribution >= 4 is 28.7 Å². The average Bonchev–Trinajstić information content (AvgIpc) is 2.84. The molecule has 0 saturated heterocycles. The molecule has 7 nitrogen and oxygen atoms in total. The number of nitrogens with one attached hydrogen (secondary N) is 1. The quantitative estimate of drug-likeness (QED) is 0.761. The predicted octanol–water partition coefficient (Wildman–Crippen LogP) is 1.68. The molecular weight excluding hydrogens is 268 g/mol. The summed E-state index contributed by atoms with van der Waals surface area (Å²) in [4.78, 5) is 24.5. The number of carbonyl (C=O) groups excluding carboxylic acids is 1. The topological polar surface area (TPSA) is 98.7 Å². The third-order valence-corrected chi connectivity index (χ3v) is 3.14. The first-order valence-electron chi connectivity index (χ1n) is 6.53. The van der Waals surface area contributed by atoms with Gasteiger partial charge in [-0.2, -0.15) is 0 Å². The van der Waals surface area contributed by atoms with Crippen LogP contribution in [0.15, 0.2) is 36.7 Å². The van der Waals surface area contributed by atoms with Gasteiger partial charge in [-0.25, -0.2) is 15.0 Å². The van der Waals surface area contributed by atoms with Crippen LogP contribution >= 0.6 is 0 Å². The molecule has 1 aromatic carbocycles. The van der Waals surface area contributed by atoms with Gasteiger partial charge in [-0.3, -0.25) is 10.1 Å². The maximum Gasteiger partial charge on any atom is 0.280 e. The lowest BCUT2D eigenvalue weighted by Crippen LogP contribution is -2.19. The number of anilines is 2. The van der Waals surface area contributed by atoms with E-state index in [0.29, 0.717) is 12.5 Å². The fourth-order valence-corrected chi connectivity index (χ4v) is 2.18. The molecule has 106 valence electrons. The van der Waals surface area contributed by atoms with Crippen molar-refractivity contribution in [2.45, 2.75) is 13.5 Å². The van der Waals surface area contributed by atoms with Crippen LogP contribution in [0.2, 0.25) is 0 Å². The second kappa shape index (κ2) is 5.20. The van der Waals surface area contributed by atoms with Gasteiger partial charge in [-0.1, -0.05) is 12.1 Å². The largest absolute Gasteiger partial charge is 0.382 e. The molecule has 3 aromatic rings. The molecule has 2 aromatic heterocycles. The Morgan fingerprint density at radius 1 is 1.29 bits per heavy atom. The summed E-state index contributed by atoms with van der Waals surface area (Å²) >= 11 is 0. The molecule has 0 bridgehead atoms. The monoisotopic (exact) mass is 282 g/mol. The minimum absolute atomic E-state index is 0.0900. The van der Waals surface area contributed by atoms with Gasteiger partial charge in [0.25, 0.3) is 5.91 Å². The number of rotatable bonds is 3. The van der Waals surface area contributed by atoms with Crippen LogP contribution < -0.4 is 11.1 Å². The highest BCUT2D eigenvalue weighted by Gasteiger charge is 2.16. The molecular formula is C14H14N6O. The number of carbonyl (C=O) groups is 1. The third-order valence-electron chi connectivity index (χ3n) is 3.14. The second-order valence-corrected chi connectivity index (χ2v) is 4.41. The summed E-state index contributed by atoms with van der Waals surface area (Å²) in [6.07, 6.45) is 2.86. The first-order chi connectivity index (χ1) is 10.2. The number of hydrogen-bond donors (Lipinski definition) is 2. The normalized spacial score (nSPS) is 10.7. The summed E-state index contributed by atoms with van der Waals surface area (Å²) < 4.78 is 1.92. The van der Waals surface area contributed by atoms with Crippen molar-refractivity contribution in [1.29, 1.82) is 0 Å². The molecule has 0 aliphatic carbocycles. The van der Waals surface area contributed by atoms with Gasteiger partial charge in [0.05, 0.1) is 11.0 Å². The number of fused-ring (bicyclic) bond motifs is 1. The number of hydrogen-bond acceptors (Lipinski definition) is 5. The average molecular weight is 282 g/mol. The van der Waals surface area contributed by atoms with E-state index in [2.05, 4.69) is 20.3 Å². The Balaban J connectivity index is 1.98. The van der Waals surface area contributed by atoms with E-state index in [1.54, 1.807) is 0 Å². The highest BCUT2D eigenvalue weighted by atomic mass is 16.2. The van der Waals surface area contributed by atoms with E-state index in [1.165, 1.54) is 12.4 Å². The summed E-state index contributed by atoms with van der Waals surface area (Å²) in [7, 11) is 0. The SMILES string of the molecule is CCn1c(NC(=O)c2nccnc2N)nc2ccccc21. The number of aryl methyl sites for hydroxylation is 1. The molecule has 7 heteroatoms. The number of nitrogens with zero attached hydrogens (tertiary/aromatic N) is 4. The smallest absolute Gasteiger partial charge is 0.280 e. The highest BCUT2D eigenvalue weighted by molar-refractivity contribution is 6.05. The molecule has 0 radical (unpaired) electrons. The van der Waals surface area contributed by atoms with Crippen molar-refractivity contribution in [3.05, 3.63) is 42.4 Å². The molecule has 0 unspecified atom stereocenters. The number of para-hydroxylation sites is 2. The van der Waals surface area contributed by atoms with Crippen molar-refractivity contribution in [1.82, 2.24) is 19.5 Å². The Hall–Kier alpha value is -2.96. The van der Waals surface area contributed by atoms with Crippen molar-refractivity contribution in [3.8, 4) is 0 Å². The van der Waals surface area contributed by atoms with Gasteiger partial charge in [0.15, 0.2) is 11.5 Å². The number of amides is 1. The van der Waals surface area contributed by atoms with Gasteiger partial charge < -0.3 is 10.3 Å². The minimum Gasteiger partial charge on any atom is -0.382 e. The van der Waals surface area contributed by atoms with Crippen LogP contribution in [-0.2, 0) is 6.54 Å². The number of nitrogen functional groups attached to an aromatic ring is 1. The summed E-state index contributed by atoms with van der Waals surface area (Å²) in [6, 6.07) is 7.69. The molecule has 0 aliphatic heterocycles. The van der Waals surface area contributed by atoms with Crippen molar-refractivity contribution < 1.29 is 4.79 Å². The van der Waals surface area contributed by atoms with Crippen LogP contribution in [0.3, 0.4) is 0 Å². The number of nitrogens with two attached hydrogens (primary N) is 1. The maximum absolute atomic E-state index is 12.2. The first-order valence-corrected chi connectivity index (χ1v) is 6.53. The molecule has 2 heterocycles. The Kier molecular flexibility index (Phi) is 3.23. The van der Waals surface area contributed by atoms with Gasteiger partial charge >= 0.3 is 0 Å². The van der Waals surface area contributed by atoms with Gasteiger partial charge in [0.1, 0.15) is 0 Å². The summed E-state index contributed by atoms with van der Waals surface area (Å²) in [5, 5.41) is 2.74. The fraction of sp³-hybridized carbons (Fsp3) is 0.143. The molecule has 0 fully saturated rings. The highest BCUT2D eigenvalue weighted by Crippen LogP contribution is 2.20. The van der Waals surface area contributed by atoms with Crippen LogP contribution in [0, 0.1) is 0 Å². The van der Waals surface area contributed by atoms with E-state index in [0.717, 1.165) is 11.0 Å². The van der Waals surface area contributed by atoms with Crippen LogP contribution in [0.5, 0.6) is 0 Å².